The second-order valence-corrected chi connectivity index (χ2v) is 6.01. The van der Waals surface area contributed by atoms with Gasteiger partial charge in [0.05, 0.1) is 0 Å². The lowest BCUT2D eigenvalue weighted by molar-refractivity contribution is 0.540. The lowest BCUT2D eigenvalue weighted by Crippen LogP contribution is -2.26. The molecule has 3 N–H and O–H groups in total. The van der Waals surface area contributed by atoms with Gasteiger partial charge in [-0.15, -0.1) is 0 Å². The number of hydrogen-bond acceptors (Lipinski definition) is 3. The number of nitrogen functional groups attached to an aromatic ring is 1. The minimum atomic E-state index is -3.78. The van der Waals surface area contributed by atoms with Gasteiger partial charge in [-0.25, -0.2) is 17.5 Å². The van der Waals surface area contributed by atoms with Gasteiger partial charge in [-0.2, -0.15) is 0 Å². The summed E-state index contributed by atoms with van der Waals surface area (Å²) in [5, 5.41) is 0. The van der Waals surface area contributed by atoms with Gasteiger partial charge in [0.1, 0.15) is 10.7 Å². The standard InChI is InChI=1S/C11H17FN2O2S/c1-8(2)5-6-14-17(15,16)11-4-3-9(13)7-10(11)12/h3-4,7-8,14H,5-6,13H2,1-2H3. The van der Waals surface area contributed by atoms with Crippen LogP contribution in [0.2, 0.25) is 0 Å². The van der Waals surface area contributed by atoms with Gasteiger partial charge in [-0.3, -0.25) is 0 Å². The molecule has 0 saturated heterocycles. The predicted molar refractivity (Wildman–Crippen MR) is 65.5 cm³/mol. The highest BCUT2D eigenvalue weighted by atomic mass is 32.2. The molecule has 1 rings (SSSR count). The molecule has 0 aliphatic carbocycles. The van der Waals surface area contributed by atoms with Gasteiger partial charge in [0.25, 0.3) is 0 Å². The van der Waals surface area contributed by atoms with Crippen LogP contribution in [0.25, 0.3) is 0 Å². The second-order valence-electron chi connectivity index (χ2n) is 4.27. The van der Waals surface area contributed by atoms with Crippen LogP contribution in [0.4, 0.5) is 10.1 Å². The smallest absolute Gasteiger partial charge is 0.243 e. The third kappa shape index (κ3) is 3.98. The maximum atomic E-state index is 13.4. The topological polar surface area (TPSA) is 72.2 Å². The average molecular weight is 260 g/mol. The van der Waals surface area contributed by atoms with Crippen molar-refractivity contribution in [2.75, 3.05) is 12.3 Å². The SMILES string of the molecule is CC(C)CCNS(=O)(=O)c1ccc(N)cc1F. The van der Waals surface area contributed by atoms with Crippen molar-refractivity contribution in [1.29, 1.82) is 0 Å². The molecule has 1 aromatic carbocycles. The van der Waals surface area contributed by atoms with Crippen molar-refractivity contribution in [3.05, 3.63) is 24.0 Å². The molecule has 0 unspecified atom stereocenters. The Balaban J connectivity index is 2.83. The molecule has 0 bridgehead atoms. The summed E-state index contributed by atoms with van der Waals surface area (Å²) in [6, 6.07) is 3.53. The van der Waals surface area contributed by atoms with Crippen molar-refractivity contribution < 1.29 is 12.8 Å². The van der Waals surface area contributed by atoms with Crippen molar-refractivity contribution in [3.8, 4) is 0 Å². The molecule has 0 spiro atoms. The first-order valence-corrected chi connectivity index (χ1v) is 6.86. The minimum Gasteiger partial charge on any atom is -0.399 e. The maximum Gasteiger partial charge on any atom is 0.243 e. The highest BCUT2D eigenvalue weighted by Gasteiger charge is 2.18. The summed E-state index contributed by atoms with van der Waals surface area (Å²) in [7, 11) is -3.78. The molecular formula is C11H17FN2O2S. The fraction of sp³-hybridized carbons (Fsp3) is 0.455. The van der Waals surface area contributed by atoms with E-state index in [9.17, 15) is 12.8 Å². The molecule has 0 radical (unpaired) electrons. The van der Waals surface area contributed by atoms with Crippen molar-refractivity contribution in [1.82, 2.24) is 4.72 Å². The molecule has 0 saturated carbocycles. The first-order chi connectivity index (χ1) is 7.83. The zero-order chi connectivity index (χ0) is 13.1. The van der Waals surface area contributed by atoms with Crippen molar-refractivity contribution >= 4 is 15.7 Å². The fourth-order valence-electron chi connectivity index (χ4n) is 1.29. The normalized spacial score (nSPS) is 12.0. The van der Waals surface area contributed by atoms with Gasteiger partial charge in [0.2, 0.25) is 10.0 Å². The van der Waals surface area contributed by atoms with Crippen LogP contribution in [0.1, 0.15) is 20.3 Å². The van der Waals surface area contributed by atoms with Gasteiger partial charge in [0.15, 0.2) is 0 Å². The van der Waals surface area contributed by atoms with E-state index in [0.717, 1.165) is 6.07 Å². The molecule has 0 aliphatic rings. The maximum absolute atomic E-state index is 13.4. The van der Waals surface area contributed by atoms with Gasteiger partial charge in [-0.1, -0.05) is 13.8 Å². The lowest BCUT2D eigenvalue weighted by Gasteiger charge is -2.09. The Kier molecular flexibility index (Phi) is 4.47. The molecule has 0 aliphatic heterocycles. The zero-order valence-electron chi connectivity index (χ0n) is 9.90. The number of anilines is 1. The van der Waals surface area contributed by atoms with E-state index in [4.69, 9.17) is 5.73 Å². The van der Waals surface area contributed by atoms with Gasteiger partial charge in [0, 0.05) is 12.2 Å². The summed E-state index contributed by atoms with van der Waals surface area (Å²) >= 11 is 0. The van der Waals surface area contributed by atoms with E-state index in [1.165, 1.54) is 12.1 Å². The molecule has 1 aromatic rings. The summed E-state index contributed by atoms with van der Waals surface area (Å²) in [5.74, 6) is -0.448. The molecular weight excluding hydrogens is 243 g/mol. The molecule has 6 heteroatoms. The van der Waals surface area contributed by atoms with Crippen LogP contribution in [0, 0.1) is 11.7 Å². The van der Waals surface area contributed by atoms with Crippen LogP contribution in [0.15, 0.2) is 23.1 Å². The van der Waals surface area contributed by atoms with Gasteiger partial charge >= 0.3 is 0 Å². The summed E-state index contributed by atoms with van der Waals surface area (Å²) in [5.41, 5.74) is 5.55. The van der Waals surface area contributed by atoms with Crippen LogP contribution in [0.3, 0.4) is 0 Å². The molecule has 17 heavy (non-hydrogen) atoms. The van der Waals surface area contributed by atoms with E-state index in [0.29, 0.717) is 18.9 Å². The monoisotopic (exact) mass is 260 g/mol. The quantitative estimate of drug-likeness (QED) is 0.792. The van der Waals surface area contributed by atoms with E-state index in [1.807, 2.05) is 13.8 Å². The third-order valence-corrected chi connectivity index (χ3v) is 3.75. The number of nitrogens with one attached hydrogen (secondary N) is 1. The molecule has 96 valence electrons. The van der Waals surface area contributed by atoms with Crippen molar-refractivity contribution in [2.24, 2.45) is 5.92 Å². The van der Waals surface area contributed by atoms with Gasteiger partial charge in [-0.05, 0) is 30.5 Å². The summed E-state index contributed by atoms with van der Waals surface area (Å²) in [4.78, 5) is -0.365. The summed E-state index contributed by atoms with van der Waals surface area (Å²) in [6.07, 6.45) is 0.704. The van der Waals surface area contributed by atoms with E-state index in [2.05, 4.69) is 4.72 Å². The number of rotatable bonds is 5. The van der Waals surface area contributed by atoms with E-state index in [1.54, 1.807) is 0 Å². The van der Waals surface area contributed by atoms with Crippen LogP contribution < -0.4 is 10.5 Å². The van der Waals surface area contributed by atoms with Crippen LogP contribution in [-0.2, 0) is 10.0 Å². The second kappa shape index (κ2) is 5.46. The largest absolute Gasteiger partial charge is 0.399 e. The zero-order valence-corrected chi connectivity index (χ0v) is 10.7. The number of nitrogens with two attached hydrogens (primary N) is 1. The Morgan fingerprint density at radius 2 is 2.06 bits per heavy atom. The molecule has 4 nitrogen and oxygen atoms in total. The molecule has 0 heterocycles. The number of halogens is 1. The highest BCUT2D eigenvalue weighted by Crippen LogP contribution is 2.16. The number of benzene rings is 1. The van der Waals surface area contributed by atoms with Crippen molar-refractivity contribution in [3.63, 3.8) is 0 Å². The Hall–Kier alpha value is -1.14. The Morgan fingerprint density at radius 1 is 1.41 bits per heavy atom. The van der Waals surface area contributed by atoms with Crippen LogP contribution in [-0.4, -0.2) is 15.0 Å². The highest BCUT2D eigenvalue weighted by molar-refractivity contribution is 7.89. The predicted octanol–water partition coefficient (Wildman–Crippen LogP) is 1.73. The average Bonchev–Trinajstić information content (AvgIpc) is 2.15. The van der Waals surface area contributed by atoms with Gasteiger partial charge < -0.3 is 5.73 Å². The molecule has 0 atom stereocenters. The Morgan fingerprint density at radius 3 is 2.59 bits per heavy atom. The molecule has 0 amide bonds. The Bertz CT molecular complexity index is 486. The fourth-order valence-corrected chi connectivity index (χ4v) is 2.40. The van der Waals surface area contributed by atoms with Crippen molar-refractivity contribution in [2.45, 2.75) is 25.2 Å². The first kappa shape index (κ1) is 13.9. The third-order valence-electron chi connectivity index (χ3n) is 2.26. The number of hydrogen-bond donors (Lipinski definition) is 2. The van der Waals surface area contributed by atoms with Crippen LogP contribution in [0.5, 0.6) is 0 Å². The van der Waals surface area contributed by atoms with Crippen LogP contribution >= 0.6 is 0 Å². The van der Waals surface area contributed by atoms with E-state index in [-0.39, 0.29) is 10.6 Å². The lowest BCUT2D eigenvalue weighted by atomic mass is 10.1. The van der Waals surface area contributed by atoms with E-state index >= 15 is 0 Å². The number of sulfonamides is 1. The minimum absolute atomic E-state index is 0.198. The molecule has 0 fully saturated rings. The summed E-state index contributed by atoms with van der Waals surface area (Å²) in [6.45, 7) is 4.26. The summed E-state index contributed by atoms with van der Waals surface area (Å²) < 4.78 is 39.3. The van der Waals surface area contributed by atoms with E-state index < -0.39 is 15.8 Å². The first-order valence-electron chi connectivity index (χ1n) is 5.37. The Labute approximate surface area is 101 Å². The molecule has 0 aromatic heterocycles.